The normalized spacial score (nSPS) is 14.0. The molecule has 1 heterocycles. The van der Waals surface area contributed by atoms with Crippen LogP contribution >= 0.6 is 23.2 Å². The van der Waals surface area contributed by atoms with Gasteiger partial charge in [-0.25, -0.2) is 4.39 Å². The summed E-state index contributed by atoms with van der Waals surface area (Å²) in [5.41, 5.74) is 4.89. The number of allylic oxidation sites excluding steroid dienone is 3. The zero-order valence-electron chi connectivity index (χ0n) is 19.2. The number of aryl methyl sites for hydroxylation is 1. The number of hydrogen-bond acceptors (Lipinski definition) is 2. The van der Waals surface area contributed by atoms with E-state index in [-0.39, 0.29) is 10.9 Å². The fourth-order valence-electron chi connectivity index (χ4n) is 3.98. The molecule has 1 atom stereocenters. The van der Waals surface area contributed by atoms with Gasteiger partial charge in [-0.2, -0.15) is 4.73 Å². The van der Waals surface area contributed by atoms with Gasteiger partial charge in [0, 0.05) is 36.4 Å². The standard InChI is InChI=1S/C27H25Cl2FN2O2/c1-17(25-22(28)11-12-23(30)26(25)29)34-32-14-13-18-7-4-5-8-20(16-24(18)32)19-9-6-10-21(15-19)27(33)31(2)3/h5-6,8-17H,4,7H2,1-3H3. The van der Waals surface area contributed by atoms with E-state index in [2.05, 4.69) is 12.2 Å². The SMILES string of the molecule is CC(On1ccc2c1C=C(c1cccc(C(=O)N(C)C)c1)C=CCC2)c1c(Cl)ccc(F)c1Cl. The Morgan fingerprint density at radius 2 is 1.97 bits per heavy atom. The van der Waals surface area contributed by atoms with Gasteiger partial charge in [0.1, 0.15) is 5.82 Å². The molecule has 0 N–H and O–H groups in total. The zero-order valence-corrected chi connectivity index (χ0v) is 20.7. The van der Waals surface area contributed by atoms with Crippen LogP contribution in [0.2, 0.25) is 10.0 Å². The molecule has 7 heteroatoms. The van der Waals surface area contributed by atoms with Crippen molar-refractivity contribution in [1.82, 2.24) is 9.63 Å². The van der Waals surface area contributed by atoms with E-state index >= 15 is 0 Å². The zero-order chi connectivity index (χ0) is 24.4. The second-order valence-electron chi connectivity index (χ2n) is 8.38. The Morgan fingerprint density at radius 3 is 2.74 bits per heavy atom. The topological polar surface area (TPSA) is 34.5 Å². The lowest BCUT2D eigenvalue weighted by molar-refractivity contribution is 0.0470. The van der Waals surface area contributed by atoms with Gasteiger partial charge in [0.05, 0.1) is 10.7 Å². The first-order valence-electron chi connectivity index (χ1n) is 11.0. The molecule has 1 aliphatic rings. The quantitative estimate of drug-likeness (QED) is 0.359. The maximum atomic E-state index is 14.1. The van der Waals surface area contributed by atoms with E-state index < -0.39 is 11.9 Å². The second-order valence-corrected chi connectivity index (χ2v) is 9.16. The molecule has 1 aromatic heterocycles. The summed E-state index contributed by atoms with van der Waals surface area (Å²) in [7, 11) is 3.47. The van der Waals surface area contributed by atoms with E-state index in [1.807, 2.05) is 42.6 Å². The van der Waals surface area contributed by atoms with Crippen LogP contribution in [-0.4, -0.2) is 29.6 Å². The van der Waals surface area contributed by atoms with E-state index in [0.717, 1.165) is 35.2 Å². The van der Waals surface area contributed by atoms with Gasteiger partial charge in [0.15, 0.2) is 6.10 Å². The number of carbonyl (C=O) groups is 1. The van der Waals surface area contributed by atoms with Crippen LogP contribution in [0.3, 0.4) is 0 Å². The van der Waals surface area contributed by atoms with Gasteiger partial charge >= 0.3 is 0 Å². The molecular weight excluding hydrogens is 474 g/mol. The first kappa shape index (κ1) is 24.1. The van der Waals surface area contributed by atoms with E-state index in [1.54, 1.807) is 30.6 Å². The Hall–Kier alpha value is -3.02. The molecule has 34 heavy (non-hydrogen) atoms. The van der Waals surface area contributed by atoms with Crippen LogP contribution in [0.5, 0.6) is 0 Å². The Morgan fingerprint density at radius 1 is 1.18 bits per heavy atom. The summed E-state index contributed by atoms with van der Waals surface area (Å²) >= 11 is 12.5. The second kappa shape index (κ2) is 10.1. The van der Waals surface area contributed by atoms with Crippen molar-refractivity contribution in [1.29, 1.82) is 0 Å². The smallest absolute Gasteiger partial charge is 0.253 e. The van der Waals surface area contributed by atoms with E-state index in [4.69, 9.17) is 28.0 Å². The molecule has 0 aliphatic heterocycles. The number of aromatic nitrogens is 1. The largest absolute Gasteiger partial charge is 0.406 e. The first-order chi connectivity index (χ1) is 16.3. The van der Waals surface area contributed by atoms with Crippen LogP contribution in [0.4, 0.5) is 4.39 Å². The number of fused-ring (bicyclic) bond motifs is 1. The number of carbonyl (C=O) groups excluding carboxylic acids is 1. The number of benzene rings is 2. The highest BCUT2D eigenvalue weighted by Gasteiger charge is 2.21. The summed E-state index contributed by atoms with van der Waals surface area (Å²) in [6, 6.07) is 12.3. The van der Waals surface area contributed by atoms with E-state index in [1.165, 1.54) is 12.1 Å². The number of hydrogen-bond donors (Lipinski definition) is 0. The van der Waals surface area contributed by atoms with Gasteiger partial charge in [-0.3, -0.25) is 4.79 Å². The van der Waals surface area contributed by atoms with Gasteiger partial charge < -0.3 is 9.74 Å². The Bertz CT molecular complexity index is 1290. The van der Waals surface area contributed by atoms with Crippen molar-refractivity contribution >= 4 is 40.8 Å². The molecule has 2 aromatic carbocycles. The molecule has 0 bridgehead atoms. The molecular formula is C27H25Cl2FN2O2. The van der Waals surface area contributed by atoms with Crippen molar-refractivity contribution in [3.05, 3.63) is 105 Å². The molecule has 0 radical (unpaired) electrons. The molecule has 176 valence electrons. The van der Waals surface area contributed by atoms with Crippen LogP contribution < -0.4 is 4.84 Å². The maximum Gasteiger partial charge on any atom is 0.253 e. The highest BCUT2D eigenvalue weighted by Crippen LogP contribution is 2.34. The van der Waals surface area contributed by atoms with Crippen LogP contribution in [0, 0.1) is 5.82 Å². The molecule has 1 amide bonds. The predicted octanol–water partition coefficient (Wildman–Crippen LogP) is 6.87. The Labute approximate surface area is 208 Å². The van der Waals surface area contributed by atoms with Gasteiger partial charge in [0.2, 0.25) is 0 Å². The van der Waals surface area contributed by atoms with Crippen LogP contribution in [-0.2, 0) is 6.42 Å². The number of nitrogens with zero attached hydrogens (tertiary/aromatic N) is 2. The minimum absolute atomic E-state index is 0.0448. The lowest BCUT2D eigenvalue weighted by Crippen LogP contribution is -2.21. The highest BCUT2D eigenvalue weighted by atomic mass is 35.5. The summed E-state index contributed by atoms with van der Waals surface area (Å²) in [6.07, 6.45) is 9.18. The van der Waals surface area contributed by atoms with Gasteiger partial charge in [-0.15, -0.1) is 0 Å². The van der Waals surface area contributed by atoms with Crippen molar-refractivity contribution in [2.24, 2.45) is 0 Å². The lowest BCUT2D eigenvalue weighted by atomic mass is 9.97. The predicted molar refractivity (Wildman–Crippen MR) is 136 cm³/mol. The van der Waals surface area contributed by atoms with Gasteiger partial charge in [-0.1, -0.05) is 47.5 Å². The lowest BCUT2D eigenvalue weighted by Gasteiger charge is -2.20. The molecule has 4 rings (SSSR count). The van der Waals surface area contributed by atoms with Crippen molar-refractivity contribution in [3.8, 4) is 0 Å². The maximum absolute atomic E-state index is 14.1. The Kier molecular flexibility index (Phi) is 7.15. The van der Waals surface area contributed by atoms with Crippen molar-refractivity contribution < 1.29 is 14.0 Å². The number of amides is 1. The van der Waals surface area contributed by atoms with Crippen molar-refractivity contribution in [2.75, 3.05) is 14.1 Å². The van der Waals surface area contributed by atoms with E-state index in [0.29, 0.717) is 16.1 Å². The fourth-order valence-corrected chi connectivity index (χ4v) is 4.66. The fraction of sp³-hybridized carbons (Fsp3) is 0.222. The summed E-state index contributed by atoms with van der Waals surface area (Å²) in [5.74, 6) is -0.596. The molecule has 3 aromatic rings. The van der Waals surface area contributed by atoms with E-state index in [9.17, 15) is 9.18 Å². The number of halogens is 3. The highest BCUT2D eigenvalue weighted by molar-refractivity contribution is 6.36. The minimum atomic E-state index is -0.592. The van der Waals surface area contributed by atoms with Crippen LogP contribution in [0.15, 0.2) is 60.8 Å². The van der Waals surface area contributed by atoms with Crippen LogP contribution in [0.25, 0.3) is 11.6 Å². The summed E-state index contributed by atoms with van der Waals surface area (Å²) < 4.78 is 15.7. The van der Waals surface area contributed by atoms with Gasteiger partial charge in [0.25, 0.3) is 5.91 Å². The summed E-state index contributed by atoms with van der Waals surface area (Å²) in [4.78, 5) is 20.2. The Balaban J connectivity index is 1.72. The molecule has 4 nitrogen and oxygen atoms in total. The molecule has 1 unspecified atom stereocenters. The molecule has 0 spiro atoms. The third-order valence-corrected chi connectivity index (χ3v) is 6.47. The first-order valence-corrected chi connectivity index (χ1v) is 11.7. The molecule has 1 aliphatic carbocycles. The van der Waals surface area contributed by atoms with Crippen molar-refractivity contribution in [2.45, 2.75) is 25.9 Å². The minimum Gasteiger partial charge on any atom is -0.406 e. The third-order valence-electron chi connectivity index (χ3n) is 5.75. The number of rotatable bonds is 5. The van der Waals surface area contributed by atoms with Gasteiger partial charge in [-0.05, 0) is 72.9 Å². The summed E-state index contributed by atoms with van der Waals surface area (Å²) in [6.45, 7) is 1.78. The summed E-state index contributed by atoms with van der Waals surface area (Å²) in [5, 5.41) is 0.298. The molecule has 0 fully saturated rings. The molecule has 0 saturated heterocycles. The molecule has 0 saturated carbocycles. The van der Waals surface area contributed by atoms with Crippen molar-refractivity contribution in [3.63, 3.8) is 0 Å². The average molecular weight is 499 g/mol. The van der Waals surface area contributed by atoms with Crippen LogP contribution in [0.1, 0.15) is 52.2 Å². The monoisotopic (exact) mass is 498 g/mol. The average Bonchev–Trinajstić information content (AvgIpc) is 3.15. The third kappa shape index (κ3) is 4.91.